The Hall–Kier alpha value is -1.03. The van der Waals surface area contributed by atoms with E-state index in [2.05, 4.69) is 19.1 Å². The lowest BCUT2D eigenvalue weighted by Gasteiger charge is -2.29. The summed E-state index contributed by atoms with van der Waals surface area (Å²) in [6.45, 7) is 2.14. The molecule has 0 bridgehead atoms. The van der Waals surface area contributed by atoms with Crippen LogP contribution in [0.2, 0.25) is 5.02 Å². The summed E-state index contributed by atoms with van der Waals surface area (Å²) in [5.74, 6) is 0.736. The fourth-order valence-corrected chi connectivity index (χ4v) is 3.53. The van der Waals surface area contributed by atoms with Crippen LogP contribution in [0.15, 0.2) is 30.3 Å². The smallest absolute Gasteiger partial charge is 0.136 e. The lowest BCUT2D eigenvalue weighted by atomic mass is 9.98. The molecule has 1 aromatic carbocycles. The highest BCUT2D eigenvalue weighted by molar-refractivity contribution is 7.12. The van der Waals surface area contributed by atoms with Gasteiger partial charge in [-0.2, -0.15) is 0 Å². The van der Waals surface area contributed by atoms with Crippen molar-refractivity contribution in [2.45, 2.75) is 32.0 Å². The molecule has 2 nitrogen and oxygen atoms in total. The van der Waals surface area contributed by atoms with Crippen molar-refractivity contribution in [3.63, 3.8) is 0 Å². The van der Waals surface area contributed by atoms with E-state index in [1.54, 1.807) is 23.5 Å². The number of halogens is 1. The average molecular weight is 295 g/mol. The Morgan fingerprint density at radius 3 is 2.95 bits per heavy atom. The third kappa shape index (κ3) is 2.50. The lowest BCUT2D eigenvalue weighted by molar-refractivity contribution is 0.0674. The molecule has 1 aliphatic rings. The quantitative estimate of drug-likeness (QED) is 0.882. The van der Waals surface area contributed by atoms with Crippen molar-refractivity contribution in [1.29, 1.82) is 0 Å². The highest BCUT2D eigenvalue weighted by Gasteiger charge is 2.29. The normalized spacial score (nSPS) is 21.8. The van der Waals surface area contributed by atoms with Gasteiger partial charge in [0.1, 0.15) is 11.9 Å². The SMILES string of the molecule is CCc1ccc(C2CC(O)c3cc(Cl)ccc3O2)s1. The molecular weight excluding hydrogens is 280 g/mol. The first-order valence-electron chi connectivity index (χ1n) is 6.40. The summed E-state index contributed by atoms with van der Waals surface area (Å²) in [4.78, 5) is 2.52. The van der Waals surface area contributed by atoms with Crippen LogP contribution in [-0.4, -0.2) is 5.11 Å². The Morgan fingerprint density at radius 1 is 1.37 bits per heavy atom. The van der Waals surface area contributed by atoms with E-state index in [4.69, 9.17) is 16.3 Å². The average Bonchev–Trinajstić information content (AvgIpc) is 2.88. The monoisotopic (exact) mass is 294 g/mol. The van der Waals surface area contributed by atoms with Crippen molar-refractivity contribution in [2.75, 3.05) is 0 Å². The molecule has 1 aromatic heterocycles. The zero-order valence-corrected chi connectivity index (χ0v) is 12.2. The molecule has 4 heteroatoms. The Bertz CT molecular complexity index is 594. The van der Waals surface area contributed by atoms with E-state index in [9.17, 15) is 5.11 Å². The third-order valence-corrected chi connectivity index (χ3v) is 4.94. The van der Waals surface area contributed by atoms with Crippen molar-refractivity contribution in [2.24, 2.45) is 0 Å². The zero-order chi connectivity index (χ0) is 13.4. The van der Waals surface area contributed by atoms with Crippen LogP contribution in [0.1, 0.15) is 40.9 Å². The maximum atomic E-state index is 10.2. The van der Waals surface area contributed by atoms with Gasteiger partial charge < -0.3 is 9.84 Å². The predicted molar refractivity (Wildman–Crippen MR) is 78.1 cm³/mol. The molecule has 0 radical (unpaired) electrons. The number of ether oxygens (including phenoxy) is 1. The van der Waals surface area contributed by atoms with Crippen LogP contribution in [0.5, 0.6) is 5.75 Å². The van der Waals surface area contributed by atoms with E-state index in [0.717, 1.165) is 17.7 Å². The number of aryl methyl sites for hydroxylation is 1. The first-order valence-corrected chi connectivity index (χ1v) is 7.59. The van der Waals surface area contributed by atoms with Gasteiger partial charge in [0, 0.05) is 26.8 Å². The summed E-state index contributed by atoms with van der Waals surface area (Å²) in [5.41, 5.74) is 0.788. The van der Waals surface area contributed by atoms with E-state index in [0.29, 0.717) is 11.4 Å². The molecule has 0 aliphatic carbocycles. The molecular formula is C15H15ClO2S. The standard InChI is InChI=1S/C15H15ClO2S/c1-2-10-4-6-15(19-10)14-8-12(17)11-7-9(16)3-5-13(11)18-14/h3-7,12,14,17H,2,8H2,1H3. The van der Waals surface area contributed by atoms with E-state index in [-0.39, 0.29) is 6.10 Å². The molecule has 1 N–H and O–H groups in total. The van der Waals surface area contributed by atoms with Crippen molar-refractivity contribution in [1.82, 2.24) is 0 Å². The van der Waals surface area contributed by atoms with Gasteiger partial charge in [0.25, 0.3) is 0 Å². The van der Waals surface area contributed by atoms with Gasteiger partial charge in [0.05, 0.1) is 6.10 Å². The van der Waals surface area contributed by atoms with E-state index < -0.39 is 6.10 Å². The fraction of sp³-hybridized carbons (Fsp3) is 0.333. The molecule has 2 heterocycles. The Balaban J connectivity index is 1.90. The maximum absolute atomic E-state index is 10.2. The minimum atomic E-state index is -0.514. The van der Waals surface area contributed by atoms with E-state index in [1.807, 2.05) is 6.07 Å². The third-order valence-electron chi connectivity index (χ3n) is 3.39. The largest absolute Gasteiger partial charge is 0.484 e. The van der Waals surface area contributed by atoms with Crippen LogP contribution >= 0.6 is 22.9 Å². The second-order valence-corrected chi connectivity index (χ2v) is 6.33. The zero-order valence-electron chi connectivity index (χ0n) is 10.6. The van der Waals surface area contributed by atoms with Crippen LogP contribution in [-0.2, 0) is 6.42 Å². The summed E-state index contributed by atoms with van der Waals surface area (Å²) in [6.07, 6.45) is 1.04. The van der Waals surface area contributed by atoms with Gasteiger partial charge in [0.15, 0.2) is 0 Å². The van der Waals surface area contributed by atoms with Crippen LogP contribution < -0.4 is 4.74 Å². The molecule has 100 valence electrons. The molecule has 19 heavy (non-hydrogen) atoms. The minimum Gasteiger partial charge on any atom is -0.484 e. The summed E-state index contributed by atoms with van der Waals surface area (Å²) in [7, 11) is 0. The molecule has 0 saturated heterocycles. The fourth-order valence-electron chi connectivity index (χ4n) is 2.35. The van der Waals surface area contributed by atoms with Gasteiger partial charge in [0.2, 0.25) is 0 Å². The first kappa shape index (κ1) is 13.0. The number of hydrogen-bond acceptors (Lipinski definition) is 3. The van der Waals surface area contributed by atoms with E-state index >= 15 is 0 Å². The highest BCUT2D eigenvalue weighted by Crippen LogP contribution is 2.43. The number of thiophene rings is 1. The summed E-state index contributed by atoms with van der Waals surface area (Å²) >= 11 is 7.71. The van der Waals surface area contributed by atoms with Crippen LogP contribution in [0.4, 0.5) is 0 Å². The number of hydrogen-bond donors (Lipinski definition) is 1. The van der Waals surface area contributed by atoms with Gasteiger partial charge in [-0.3, -0.25) is 0 Å². The topological polar surface area (TPSA) is 29.5 Å². The first-order chi connectivity index (χ1) is 9.17. The summed E-state index contributed by atoms with van der Waals surface area (Å²) in [6, 6.07) is 9.64. The van der Waals surface area contributed by atoms with Gasteiger partial charge in [-0.25, -0.2) is 0 Å². The molecule has 0 amide bonds. The Morgan fingerprint density at radius 2 is 2.21 bits per heavy atom. The summed E-state index contributed by atoms with van der Waals surface area (Å²) in [5, 5.41) is 10.9. The molecule has 0 spiro atoms. The minimum absolute atomic E-state index is 0.0611. The van der Waals surface area contributed by atoms with Gasteiger partial charge >= 0.3 is 0 Å². The van der Waals surface area contributed by atoms with Crippen molar-refractivity contribution < 1.29 is 9.84 Å². The highest BCUT2D eigenvalue weighted by atomic mass is 35.5. The number of aliphatic hydroxyl groups is 1. The number of rotatable bonds is 2. The van der Waals surface area contributed by atoms with Crippen molar-refractivity contribution >= 4 is 22.9 Å². The Kier molecular flexibility index (Phi) is 3.52. The number of aliphatic hydroxyl groups excluding tert-OH is 1. The van der Waals surface area contributed by atoms with Crippen LogP contribution in [0, 0.1) is 0 Å². The van der Waals surface area contributed by atoms with Gasteiger partial charge in [-0.1, -0.05) is 18.5 Å². The van der Waals surface area contributed by atoms with Crippen LogP contribution in [0.3, 0.4) is 0 Å². The molecule has 2 atom stereocenters. The van der Waals surface area contributed by atoms with Gasteiger partial charge in [-0.05, 0) is 36.8 Å². The van der Waals surface area contributed by atoms with Gasteiger partial charge in [-0.15, -0.1) is 11.3 Å². The van der Waals surface area contributed by atoms with E-state index in [1.165, 1.54) is 9.75 Å². The Labute approximate surface area is 121 Å². The van der Waals surface area contributed by atoms with Crippen molar-refractivity contribution in [3.8, 4) is 5.75 Å². The molecule has 1 aliphatic heterocycles. The molecule has 2 aromatic rings. The van der Waals surface area contributed by atoms with Crippen molar-refractivity contribution in [3.05, 3.63) is 50.7 Å². The number of benzene rings is 1. The molecule has 0 fully saturated rings. The second-order valence-electron chi connectivity index (χ2n) is 4.70. The lowest BCUT2D eigenvalue weighted by Crippen LogP contribution is -2.18. The molecule has 0 saturated carbocycles. The number of fused-ring (bicyclic) bond motifs is 1. The molecule has 2 unspecified atom stereocenters. The van der Waals surface area contributed by atoms with Crippen LogP contribution in [0.25, 0.3) is 0 Å². The molecule has 3 rings (SSSR count). The summed E-state index contributed by atoms with van der Waals surface area (Å²) < 4.78 is 5.99. The second kappa shape index (κ2) is 5.16. The maximum Gasteiger partial charge on any atom is 0.136 e. The predicted octanol–water partition coefficient (Wildman–Crippen LogP) is 4.52.